The molecule has 0 aromatic heterocycles. The van der Waals surface area contributed by atoms with Crippen LogP contribution in [0.1, 0.15) is 19.3 Å². The zero-order valence-electron chi connectivity index (χ0n) is 6.08. The second-order valence-corrected chi connectivity index (χ2v) is 2.36. The zero-order chi connectivity index (χ0) is 5.82. The Morgan fingerprint density at radius 1 is 1.00 bits per heavy atom. The van der Waals surface area contributed by atoms with Crippen molar-refractivity contribution in [3.05, 3.63) is 0 Å². The van der Waals surface area contributed by atoms with E-state index in [1.54, 1.807) is 0 Å². The Labute approximate surface area is 75.0 Å². The van der Waals surface area contributed by atoms with E-state index < -0.39 is 0 Å². The molecular formula is C6H16Cl2N2. The number of nitrogens with two attached hydrogens (primary N) is 1. The Bertz CT molecular complexity index is 64.8. The highest BCUT2D eigenvalue weighted by atomic mass is 35.5. The van der Waals surface area contributed by atoms with Gasteiger partial charge >= 0.3 is 0 Å². The van der Waals surface area contributed by atoms with Crippen molar-refractivity contribution in [1.29, 1.82) is 0 Å². The van der Waals surface area contributed by atoms with E-state index in [1.807, 2.05) is 0 Å². The molecular weight excluding hydrogens is 171 g/mol. The maximum atomic E-state index is 5.43. The molecule has 1 aliphatic heterocycles. The Morgan fingerprint density at radius 3 is 1.80 bits per heavy atom. The number of hydrogen-bond acceptors (Lipinski definition) is 2. The number of piperidine rings is 1. The van der Waals surface area contributed by atoms with E-state index in [-0.39, 0.29) is 24.8 Å². The molecule has 1 fully saturated rings. The van der Waals surface area contributed by atoms with Crippen LogP contribution in [0.4, 0.5) is 0 Å². The average molecular weight is 187 g/mol. The Kier molecular flexibility index (Phi) is 9.97. The van der Waals surface area contributed by atoms with Gasteiger partial charge in [-0.2, -0.15) is 0 Å². The van der Waals surface area contributed by atoms with Gasteiger partial charge in [-0.1, -0.05) is 6.42 Å². The van der Waals surface area contributed by atoms with Crippen molar-refractivity contribution in [2.75, 3.05) is 19.8 Å². The highest BCUT2D eigenvalue weighted by Gasteiger charge is 2.05. The molecule has 0 spiro atoms. The summed E-state index contributed by atoms with van der Waals surface area (Å²) >= 11 is 0. The summed E-state index contributed by atoms with van der Waals surface area (Å²) < 4.78 is 0. The Morgan fingerprint density at radius 2 is 1.50 bits per heavy atom. The van der Waals surface area contributed by atoms with Gasteiger partial charge in [0.15, 0.2) is 0 Å². The monoisotopic (exact) mass is 186 g/mol. The first-order valence-corrected chi connectivity index (χ1v) is 3.36. The van der Waals surface area contributed by atoms with E-state index in [1.165, 1.54) is 32.4 Å². The number of hydrogen-bond donors (Lipinski definition) is 1. The quantitative estimate of drug-likeness (QED) is 0.669. The van der Waals surface area contributed by atoms with Crippen LogP contribution in [-0.4, -0.2) is 24.7 Å². The molecule has 1 heterocycles. The standard InChI is InChI=1S/C6H14N2.2ClH/c7-6-8-4-2-1-3-5-8;;/h1-7H2;2*1H. The summed E-state index contributed by atoms with van der Waals surface area (Å²) in [6.45, 7) is 3.19. The predicted octanol–water partition coefficient (Wildman–Crippen LogP) is 1.23. The van der Waals surface area contributed by atoms with Crippen LogP contribution in [0.2, 0.25) is 0 Å². The van der Waals surface area contributed by atoms with Gasteiger partial charge in [0, 0.05) is 6.67 Å². The molecule has 0 aliphatic carbocycles. The van der Waals surface area contributed by atoms with Crippen LogP contribution < -0.4 is 5.73 Å². The lowest BCUT2D eigenvalue weighted by Crippen LogP contribution is -2.34. The molecule has 0 unspecified atom stereocenters. The SMILES string of the molecule is Cl.Cl.NCN1CCCCC1. The van der Waals surface area contributed by atoms with E-state index in [2.05, 4.69) is 4.90 Å². The molecule has 0 atom stereocenters. The summed E-state index contributed by atoms with van der Waals surface area (Å²) in [5.41, 5.74) is 5.43. The first kappa shape index (κ1) is 13.1. The minimum absolute atomic E-state index is 0. The third-order valence-corrected chi connectivity index (χ3v) is 1.71. The van der Waals surface area contributed by atoms with Crippen molar-refractivity contribution in [3.63, 3.8) is 0 Å². The smallest absolute Gasteiger partial charge is 0.0455 e. The summed E-state index contributed by atoms with van der Waals surface area (Å²) in [6, 6.07) is 0. The van der Waals surface area contributed by atoms with Crippen molar-refractivity contribution >= 4 is 24.8 Å². The number of halogens is 2. The van der Waals surface area contributed by atoms with E-state index in [0.717, 1.165) is 6.67 Å². The van der Waals surface area contributed by atoms with Crippen LogP contribution in [0.5, 0.6) is 0 Å². The van der Waals surface area contributed by atoms with E-state index in [4.69, 9.17) is 5.73 Å². The molecule has 4 heteroatoms. The fraction of sp³-hybridized carbons (Fsp3) is 1.00. The lowest BCUT2D eigenvalue weighted by molar-refractivity contribution is 0.235. The lowest BCUT2D eigenvalue weighted by Gasteiger charge is -2.23. The first-order valence-electron chi connectivity index (χ1n) is 3.36. The summed E-state index contributed by atoms with van der Waals surface area (Å²) in [4.78, 5) is 2.30. The fourth-order valence-electron chi connectivity index (χ4n) is 1.14. The van der Waals surface area contributed by atoms with Gasteiger partial charge in [0.25, 0.3) is 0 Å². The molecule has 0 aromatic carbocycles. The Balaban J connectivity index is 0. The molecule has 0 bridgehead atoms. The molecule has 1 rings (SSSR count). The molecule has 64 valence electrons. The van der Waals surface area contributed by atoms with E-state index in [0.29, 0.717) is 0 Å². The van der Waals surface area contributed by atoms with Gasteiger partial charge in [-0.05, 0) is 25.9 Å². The summed E-state index contributed by atoms with van der Waals surface area (Å²) in [6.07, 6.45) is 4.09. The van der Waals surface area contributed by atoms with Gasteiger partial charge in [0.2, 0.25) is 0 Å². The molecule has 1 saturated heterocycles. The molecule has 2 nitrogen and oxygen atoms in total. The largest absolute Gasteiger partial charge is 0.318 e. The normalized spacial score (nSPS) is 18.9. The van der Waals surface area contributed by atoms with Crippen molar-refractivity contribution < 1.29 is 0 Å². The van der Waals surface area contributed by atoms with E-state index in [9.17, 15) is 0 Å². The molecule has 0 aromatic rings. The van der Waals surface area contributed by atoms with Crippen LogP contribution in [-0.2, 0) is 0 Å². The van der Waals surface area contributed by atoms with Gasteiger partial charge in [-0.15, -0.1) is 24.8 Å². The molecule has 1 aliphatic rings. The topological polar surface area (TPSA) is 29.3 Å². The zero-order valence-corrected chi connectivity index (χ0v) is 7.72. The maximum Gasteiger partial charge on any atom is 0.0455 e. The summed E-state index contributed by atoms with van der Waals surface area (Å²) in [5.74, 6) is 0. The fourth-order valence-corrected chi connectivity index (χ4v) is 1.14. The van der Waals surface area contributed by atoms with Crippen molar-refractivity contribution in [1.82, 2.24) is 4.90 Å². The van der Waals surface area contributed by atoms with Crippen molar-refractivity contribution in [2.24, 2.45) is 5.73 Å². The van der Waals surface area contributed by atoms with Crippen LogP contribution >= 0.6 is 24.8 Å². The average Bonchev–Trinajstić information content (AvgIpc) is 1.90. The molecule has 10 heavy (non-hydrogen) atoms. The highest BCUT2D eigenvalue weighted by Crippen LogP contribution is 2.05. The highest BCUT2D eigenvalue weighted by molar-refractivity contribution is 5.85. The molecule has 2 N–H and O–H groups in total. The van der Waals surface area contributed by atoms with Crippen molar-refractivity contribution in [2.45, 2.75) is 19.3 Å². The third kappa shape index (κ3) is 4.34. The minimum Gasteiger partial charge on any atom is -0.318 e. The number of rotatable bonds is 1. The minimum atomic E-state index is 0. The number of nitrogens with zero attached hydrogens (tertiary/aromatic N) is 1. The predicted molar refractivity (Wildman–Crippen MR) is 49.0 cm³/mol. The lowest BCUT2D eigenvalue weighted by atomic mass is 10.1. The van der Waals surface area contributed by atoms with Gasteiger partial charge in [-0.25, -0.2) is 0 Å². The van der Waals surface area contributed by atoms with Gasteiger partial charge in [0.05, 0.1) is 0 Å². The number of likely N-dealkylation sites (tertiary alicyclic amines) is 1. The van der Waals surface area contributed by atoms with Gasteiger partial charge in [-0.3, -0.25) is 4.90 Å². The second-order valence-electron chi connectivity index (χ2n) is 2.36. The summed E-state index contributed by atoms with van der Waals surface area (Å²) in [7, 11) is 0. The first-order chi connectivity index (χ1) is 3.93. The van der Waals surface area contributed by atoms with Crippen molar-refractivity contribution in [3.8, 4) is 0 Å². The molecule has 0 saturated carbocycles. The Hall–Kier alpha value is 0.500. The molecule has 0 amide bonds. The van der Waals surface area contributed by atoms with Crippen LogP contribution in [0.3, 0.4) is 0 Å². The van der Waals surface area contributed by atoms with Gasteiger partial charge < -0.3 is 5.73 Å². The van der Waals surface area contributed by atoms with Gasteiger partial charge in [0.1, 0.15) is 0 Å². The summed E-state index contributed by atoms with van der Waals surface area (Å²) in [5, 5.41) is 0. The maximum absolute atomic E-state index is 5.43. The molecule has 0 radical (unpaired) electrons. The van der Waals surface area contributed by atoms with Crippen LogP contribution in [0.15, 0.2) is 0 Å². The third-order valence-electron chi connectivity index (χ3n) is 1.71. The van der Waals surface area contributed by atoms with Crippen LogP contribution in [0, 0.1) is 0 Å². The van der Waals surface area contributed by atoms with E-state index >= 15 is 0 Å². The second kappa shape index (κ2) is 7.61. The van der Waals surface area contributed by atoms with Crippen LogP contribution in [0.25, 0.3) is 0 Å².